The van der Waals surface area contributed by atoms with Crippen molar-refractivity contribution < 1.29 is 8.60 Å². The summed E-state index contributed by atoms with van der Waals surface area (Å²) in [5, 5.41) is 3.48. The van der Waals surface area contributed by atoms with Crippen LogP contribution in [0.1, 0.15) is 6.42 Å². The second kappa shape index (κ2) is 4.60. The molecule has 0 bridgehead atoms. The maximum Gasteiger partial charge on any atom is 0.124 e. The standard InChI is InChI=1S/C10H11ClFNOS/c11-9-5-7(12)1-2-10(9)15(14)8-3-4-13-6-8/h1-2,5,8,13H,3-4,6H2. The molecular formula is C10H11ClFNOS. The first kappa shape index (κ1) is 11.0. The smallest absolute Gasteiger partial charge is 0.124 e. The number of rotatable bonds is 2. The summed E-state index contributed by atoms with van der Waals surface area (Å²) in [6.07, 6.45) is 0.875. The van der Waals surface area contributed by atoms with Crippen molar-refractivity contribution in [3.63, 3.8) is 0 Å². The van der Waals surface area contributed by atoms with E-state index in [1.807, 2.05) is 0 Å². The molecule has 1 aromatic carbocycles. The van der Waals surface area contributed by atoms with Gasteiger partial charge in [-0.3, -0.25) is 4.21 Å². The lowest BCUT2D eigenvalue weighted by Crippen LogP contribution is -2.18. The van der Waals surface area contributed by atoms with Crippen LogP contribution in [-0.2, 0) is 10.8 Å². The van der Waals surface area contributed by atoms with Crippen molar-refractivity contribution in [1.82, 2.24) is 5.32 Å². The van der Waals surface area contributed by atoms with E-state index in [0.29, 0.717) is 4.90 Å². The lowest BCUT2D eigenvalue weighted by atomic mass is 10.3. The molecular weight excluding hydrogens is 237 g/mol. The Balaban J connectivity index is 2.24. The summed E-state index contributed by atoms with van der Waals surface area (Å²) in [6, 6.07) is 4.00. The first-order valence-corrected chi connectivity index (χ1v) is 6.34. The van der Waals surface area contributed by atoms with Gasteiger partial charge in [0.2, 0.25) is 0 Å². The van der Waals surface area contributed by atoms with Crippen LogP contribution < -0.4 is 5.32 Å². The molecule has 1 aliphatic rings. The second-order valence-electron chi connectivity index (χ2n) is 3.49. The zero-order chi connectivity index (χ0) is 10.8. The molecule has 1 saturated heterocycles. The van der Waals surface area contributed by atoms with Gasteiger partial charge in [0.15, 0.2) is 0 Å². The molecule has 82 valence electrons. The van der Waals surface area contributed by atoms with Gasteiger partial charge in [-0.2, -0.15) is 0 Å². The lowest BCUT2D eigenvalue weighted by Gasteiger charge is -2.09. The molecule has 0 aromatic heterocycles. The van der Waals surface area contributed by atoms with Gasteiger partial charge in [0.25, 0.3) is 0 Å². The minimum atomic E-state index is -1.14. The van der Waals surface area contributed by atoms with E-state index in [-0.39, 0.29) is 10.3 Å². The highest BCUT2D eigenvalue weighted by molar-refractivity contribution is 7.85. The predicted octanol–water partition coefficient (Wildman–Crippen LogP) is 1.95. The van der Waals surface area contributed by atoms with Gasteiger partial charge < -0.3 is 5.32 Å². The van der Waals surface area contributed by atoms with E-state index in [1.54, 1.807) is 0 Å². The lowest BCUT2D eigenvalue weighted by molar-refractivity contribution is 0.626. The molecule has 2 unspecified atom stereocenters. The highest BCUT2D eigenvalue weighted by Crippen LogP contribution is 2.24. The Bertz CT molecular complexity index is 393. The molecule has 1 heterocycles. The fourth-order valence-electron chi connectivity index (χ4n) is 1.63. The van der Waals surface area contributed by atoms with Crippen LogP contribution in [0.15, 0.2) is 23.1 Å². The Morgan fingerprint density at radius 1 is 1.53 bits per heavy atom. The summed E-state index contributed by atoms with van der Waals surface area (Å²) in [4.78, 5) is 0.534. The zero-order valence-corrected chi connectivity index (χ0v) is 9.58. The second-order valence-corrected chi connectivity index (χ2v) is 5.60. The van der Waals surface area contributed by atoms with Gasteiger partial charge in [0, 0.05) is 6.54 Å². The molecule has 2 rings (SSSR count). The molecule has 2 nitrogen and oxygen atoms in total. The largest absolute Gasteiger partial charge is 0.315 e. The molecule has 0 aliphatic carbocycles. The third-order valence-corrected chi connectivity index (χ3v) is 4.65. The quantitative estimate of drug-likeness (QED) is 0.866. The minimum absolute atomic E-state index is 0.0907. The SMILES string of the molecule is O=S(c1ccc(F)cc1Cl)C1CCNC1. The van der Waals surface area contributed by atoms with Gasteiger partial charge >= 0.3 is 0 Å². The van der Waals surface area contributed by atoms with E-state index in [4.69, 9.17) is 11.6 Å². The molecule has 15 heavy (non-hydrogen) atoms. The number of benzene rings is 1. The number of hydrogen-bond acceptors (Lipinski definition) is 2. The van der Waals surface area contributed by atoms with Crippen LogP contribution in [-0.4, -0.2) is 22.5 Å². The average Bonchev–Trinajstić information content (AvgIpc) is 2.69. The van der Waals surface area contributed by atoms with E-state index in [2.05, 4.69) is 5.32 Å². The molecule has 0 saturated carbocycles. The molecule has 1 fully saturated rings. The fourth-order valence-corrected chi connectivity index (χ4v) is 3.44. The summed E-state index contributed by atoms with van der Waals surface area (Å²) >= 11 is 5.85. The van der Waals surface area contributed by atoms with Crippen LogP contribution in [0.4, 0.5) is 4.39 Å². The molecule has 0 radical (unpaired) electrons. The van der Waals surface area contributed by atoms with E-state index in [0.717, 1.165) is 19.5 Å². The summed E-state index contributed by atoms with van der Waals surface area (Å²) in [5.41, 5.74) is 0. The van der Waals surface area contributed by atoms with E-state index in [1.165, 1.54) is 18.2 Å². The van der Waals surface area contributed by atoms with Crippen LogP contribution in [0.2, 0.25) is 5.02 Å². The highest BCUT2D eigenvalue weighted by atomic mass is 35.5. The highest BCUT2D eigenvalue weighted by Gasteiger charge is 2.23. The Morgan fingerprint density at radius 3 is 2.93 bits per heavy atom. The molecule has 0 amide bonds. The van der Waals surface area contributed by atoms with Gasteiger partial charge in [-0.25, -0.2) is 4.39 Å². The Kier molecular flexibility index (Phi) is 3.38. The van der Waals surface area contributed by atoms with Crippen molar-refractivity contribution >= 4 is 22.4 Å². The van der Waals surface area contributed by atoms with Crippen LogP contribution in [0.3, 0.4) is 0 Å². The van der Waals surface area contributed by atoms with E-state index < -0.39 is 16.6 Å². The van der Waals surface area contributed by atoms with Crippen LogP contribution >= 0.6 is 11.6 Å². The molecule has 1 N–H and O–H groups in total. The number of hydrogen-bond donors (Lipinski definition) is 1. The van der Waals surface area contributed by atoms with Crippen molar-refractivity contribution in [3.8, 4) is 0 Å². The summed E-state index contributed by atoms with van der Waals surface area (Å²) in [7, 11) is -1.14. The fraction of sp³-hybridized carbons (Fsp3) is 0.400. The third-order valence-electron chi connectivity index (χ3n) is 2.43. The van der Waals surface area contributed by atoms with Crippen LogP contribution in [0.5, 0.6) is 0 Å². The Morgan fingerprint density at radius 2 is 2.33 bits per heavy atom. The van der Waals surface area contributed by atoms with Crippen molar-refractivity contribution in [1.29, 1.82) is 0 Å². The summed E-state index contributed by atoms with van der Waals surface area (Å²) < 4.78 is 24.8. The van der Waals surface area contributed by atoms with Gasteiger partial charge in [0.1, 0.15) is 5.82 Å². The molecule has 0 spiro atoms. The monoisotopic (exact) mass is 247 g/mol. The van der Waals surface area contributed by atoms with Crippen molar-refractivity contribution in [3.05, 3.63) is 29.0 Å². The van der Waals surface area contributed by atoms with Gasteiger partial charge in [-0.1, -0.05) is 11.6 Å². The minimum Gasteiger partial charge on any atom is -0.315 e. The topological polar surface area (TPSA) is 29.1 Å². The first-order chi connectivity index (χ1) is 7.18. The predicted molar refractivity (Wildman–Crippen MR) is 59.1 cm³/mol. The molecule has 1 aliphatic heterocycles. The first-order valence-electron chi connectivity index (χ1n) is 4.75. The maximum atomic E-state index is 12.8. The summed E-state index contributed by atoms with van der Waals surface area (Å²) in [5.74, 6) is -0.398. The van der Waals surface area contributed by atoms with Gasteiger partial charge in [-0.05, 0) is 31.2 Å². The van der Waals surface area contributed by atoms with Gasteiger partial charge in [-0.15, -0.1) is 0 Å². The zero-order valence-electron chi connectivity index (χ0n) is 8.00. The van der Waals surface area contributed by atoms with Gasteiger partial charge in [0.05, 0.1) is 26.0 Å². The maximum absolute atomic E-state index is 12.8. The third kappa shape index (κ3) is 2.38. The molecule has 2 atom stereocenters. The molecule has 5 heteroatoms. The number of halogens is 2. The van der Waals surface area contributed by atoms with Crippen molar-refractivity contribution in [2.45, 2.75) is 16.6 Å². The van der Waals surface area contributed by atoms with Crippen LogP contribution in [0.25, 0.3) is 0 Å². The number of nitrogens with one attached hydrogen (secondary N) is 1. The van der Waals surface area contributed by atoms with Crippen LogP contribution in [0, 0.1) is 5.82 Å². The normalized spacial score (nSPS) is 22.9. The van der Waals surface area contributed by atoms with Crippen molar-refractivity contribution in [2.75, 3.05) is 13.1 Å². The van der Waals surface area contributed by atoms with Crippen molar-refractivity contribution in [2.24, 2.45) is 0 Å². The summed E-state index contributed by atoms with van der Waals surface area (Å²) in [6.45, 7) is 1.62. The van der Waals surface area contributed by atoms with E-state index >= 15 is 0 Å². The van der Waals surface area contributed by atoms with E-state index in [9.17, 15) is 8.60 Å². The Labute approximate surface area is 95.3 Å². The Hall–Kier alpha value is -0.450. The molecule has 1 aromatic rings. The average molecular weight is 248 g/mol.